The molecule has 0 aliphatic rings. The Hall–Kier alpha value is -2.60. The van der Waals surface area contributed by atoms with Crippen molar-refractivity contribution in [1.29, 1.82) is 0 Å². The smallest absolute Gasteiger partial charge is 0.274 e. The lowest BCUT2D eigenvalue weighted by Crippen LogP contribution is -2.41. The second kappa shape index (κ2) is 6.37. The maximum Gasteiger partial charge on any atom is 0.274 e. The number of ether oxygens (including phenoxy) is 1. The first-order valence-corrected chi connectivity index (χ1v) is 8.48. The third kappa shape index (κ3) is 3.30. The lowest BCUT2D eigenvalue weighted by molar-refractivity contribution is 0.0494. The molecule has 0 aliphatic carbocycles. The van der Waals surface area contributed by atoms with Gasteiger partial charge in [0.25, 0.3) is 11.8 Å². The van der Waals surface area contributed by atoms with Crippen LogP contribution in [0.4, 0.5) is 0 Å². The topological polar surface area (TPSA) is 74.3 Å². The molecule has 0 unspecified atom stereocenters. The van der Waals surface area contributed by atoms with Gasteiger partial charge in [-0.1, -0.05) is 34.1 Å². The summed E-state index contributed by atoms with van der Waals surface area (Å²) in [5.74, 6) is -0.290. The highest BCUT2D eigenvalue weighted by molar-refractivity contribution is 9.10. The van der Waals surface area contributed by atoms with Gasteiger partial charge in [0.1, 0.15) is 5.75 Å². The van der Waals surface area contributed by atoms with E-state index in [0.717, 1.165) is 4.47 Å². The van der Waals surface area contributed by atoms with Crippen LogP contribution in [-0.4, -0.2) is 22.0 Å². The predicted molar refractivity (Wildman–Crippen MR) is 99.9 cm³/mol. The van der Waals surface area contributed by atoms with Crippen molar-refractivity contribution < 1.29 is 14.3 Å². The van der Waals surface area contributed by atoms with E-state index in [9.17, 15) is 9.59 Å². The summed E-state index contributed by atoms with van der Waals surface area (Å²) >= 11 is 3.36. The minimum Gasteiger partial charge on any atom is -0.478 e. The largest absolute Gasteiger partial charge is 0.478 e. The van der Waals surface area contributed by atoms with Crippen molar-refractivity contribution in [2.45, 2.75) is 19.4 Å². The number of hydrogen-bond donors (Lipinski definition) is 1. The minimum absolute atomic E-state index is 0.292. The van der Waals surface area contributed by atoms with Crippen molar-refractivity contribution in [3.05, 3.63) is 64.8 Å². The molecule has 0 saturated heterocycles. The van der Waals surface area contributed by atoms with Gasteiger partial charge in [-0.2, -0.15) is 0 Å². The van der Waals surface area contributed by atoms with Gasteiger partial charge in [0.15, 0.2) is 5.60 Å². The molecule has 0 saturated carbocycles. The van der Waals surface area contributed by atoms with Crippen LogP contribution in [0.2, 0.25) is 0 Å². The standard InChI is InChI=1S/C19H17BrN2O3/c1-19(2,25-13-9-7-12(20)8-10-13)18(24)22-11-15(17(21)23)14-5-3-4-6-16(14)22/h3-11H,1-2H3,(H2,21,23). The molecule has 3 rings (SSSR count). The molecule has 2 N–H and O–H groups in total. The number of rotatable bonds is 4. The monoisotopic (exact) mass is 400 g/mol. The molecule has 0 radical (unpaired) electrons. The molecule has 25 heavy (non-hydrogen) atoms. The molecule has 0 spiro atoms. The number of nitrogens with zero attached hydrogens (tertiary/aromatic N) is 1. The molecule has 2 aromatic carbocycles. The Balaban J connectivity index is 2.00. The van der Waals surface area contributed by atoms with Crippen LogP contribution in [0.25, 0.3) is 10.9 Å². The second-order valence-corrected chi connectivity index (χ2v) is 7.08. The van der Waals surface area contributed by atoms with Crippen molar-refractivity contribution >= 4 is 38.6 Å². The highest BCUT2D eigenvalue weighted by Gasteiger charge is 2.33. The van der Waals surface area contributed by atoms with Crippen LogP contribution in [0.15, 0.2) is 59.2 Å². The van der Waals surface area contributed by atoms with Crippen LogP contribution < -0.4 is 10.5 Å². The minimum atomic E-state index is -1.13. The van der Waals surface area contributed by atoms with Gasteiger partial charge in [0, 0.05) is 16.1 Å². The summed E-state index contributed by atoms with van der Waals surface area (Å²) in [4.78, 5) is 24.7. The number of fused-ring (bicyclic) bond motifs is 1. The van der Waals surface area contributed by atoms with E-state index in [1.165, 1.54) is 10.8 Å². The molecule has 1 amide bonds. The third-order valence-electron chi connectivity index (χ3n) is 3.90. The first kappa shape index (κ1) is 17.2. The molecule has 0 bridgehead atoms. The Bertz CT molecular complexity index is 958. The summed E-state index contributed by atoms with van der Waals surface area (Å²) in [6, 6.07) is 14.4. The van der Waals surface area contributed by atoms with E-state index < -0.39 is 11.5 Å². The maximum atomic E-state index is 13.1. The number of hydrogen-bond acceptors (Lipinski definition) is 3. The van der Waals surface area contributed by atoms with E-state index >= 15 is 0 Å². The zero-order valence-corrected chi connectivity index (χ0v) is 15.4. The first-order chi connectivity index (χ1) is 11.8. The van der Waals surface area contributed by atoms with Gasteiger partial charge >= 0.3 is 0 Å². The second-order valence-electron chi connectivity index (χ2n) is 6.17. The van der Waals surface area contributed by atoms with Crippen molar-refractivity contribution in [3.8, 4) is 5.75 Å². The Morgan fingerprint density at radius 2 is 1.72 bits per heavy atom. The Kier molecular flexibility index (Phi) is 4.39. The quantitative estimate of drug-likeness (QED) is 0.718. The van der Waals surface area contributed by atoms with Crippen LogP contribution in [0.1, 0.15) is 29.0 Å². The zero-order chi connectivity index (χ0) is 18.2. The Morgan fingerprint density at radius 1 is 1.08 bits per heavy atom. The van der Waals surface area contributed by atoms with Crippen molar-refractivity contribution in [3.63, 3.8) is 0 Å². The van der Waals surface area contributed by atoms with Gasteiger partial charge in [-0.25, -0.2) is 0 Å². The molecule has 1 aromatic heterocycles. The Labute approximate surface area is 153 Å². The fraction of sp³-hybridized carbons (Fsp3) is 0.158. The highest BCUT2D eigenvalue weighted by atomic mass is 79.9. The number of primary amides is 1. The molecule has 3 aromatic rings. The van der Waals surface area contributed by atoms with Crippen molar-refractivity contribution in [1.82, 2.24) is 4.57 Å². The molecule has 6 heteroatoms. The van der Waals surface area contributed by atoms with Gasteiger partial charge in [-0.3, -0.25) is 14.2 Å². The molecule has 0 fully saturated rings. The highest BCUT2D eigenvalue weighted by Crippen LogP contribution is 2.26. The molecular formula is C19H17BrN2O3. The summed E-state index contributed by atoms with van der Waals surface area (Å²) in [7, 11) is 0. The lowest BCUT2D eigenvalue weighted by atomic mass is 10.1. The molecule has 0 aliphatic heterocycles. The molecule has 128 valence electrons. The molecular weight excluding hydrogens is 384 g/mol. The third-order valence-corrected chi connectivity index (χ3v) is 4.43. The van der Waals surface area contributed by atoms with Crippen LogP contribution in [-0.2, 0) is 0 Å². The predicted octanol–water partition coefficient (Wildman–Crippen LogP) is 4.00. The van der Waals surface area contributed by atoms with E-state index in [1.807, 2.05) is 12.1 Å². The summed E-state index contributed by atoms with van der Waals surface area (Å²) in [6.07, 6.45) is 1.47. The summed E-state index contributed by atoms with van der Waals surface area (Å²) in [5.41, 5.74) is 5.23. The fourth-order valence-corrected chi connectivity index (χ4v) is 2.94. The summed E-state index contributed by atoms with van der Waals surface area (Å²) < 4.78 is 8.23. The first-order valence-electron chi connectivity index (χ1n) is 7.69. The SMILES string of the molecule is CC(C)(Oc1ccc(Br)cc1)C(=O)n1cc(C(N)=O)c2ccccc21. The van der Waals surface area contributed by atoms with Crippen LogP contribution in [0.5, 0.6) is 5.75 Å². The van der Waals surface area contributed by atoms with Gasteiger partial charge in [0.05, 0.1) is 11.1 Å². The number of nitrogens with two attached hydrogens (primary N) is 1. The van der Waals surface area contributed by atoms with Gasteiger partial charge in [-0.15, -0.1) is 0 Å². The number of carbonyl (C=O) groups is 2. The molecule has 5 nitrogen and oxygen atoms in total. The summed E-state index contributed by atoms with van der Waals surface area (Å²) in [6.45, 7) is 3.38. The fourth-order valence-electron chi connectivity index (χ4n) is 2.68. The van der Waals surface area contributed by atoms with E-state index in [1.54, 1.807) is 50.2 Å². The number of carbonyl (C=O) groups excluding carboxylic acids is 2. The van der Waals surface area contributed by atoms with Crippen molar-refractivity contribution in [2.24, 2.45) is 5.73 Å². The van der Waals surface area contributed by atoms with Gasteiger partial charge in [-0.05, 0) is 44.2 Å². The van der Waals surface area contributed by atoms with Crippen LogP contribution in [0.3, 0.4) is 0 Å². The van der Waals surface area contributed by atoms with Crippen molar-refractivity contribution in [2.75, 3.05) is 0 Å². The van der Waals surface area contributed by atoms with E-state index in [4.69, 9.17) is 10.5 Å². The van der Waals surface area contributed by atoms with Gasteiger partial charge in [0.2, 0.25) is 0 Å². The average Bonchev–Trinajstić information content (AvgIpc) is 2.96. The maximum absolute atomic E-state index is 13.1. The summed E-state index contributed by atoms with van der Waals surface area (Å²) in [5, 5.41) is 0.641. The average molecular weight is 401 g/mol. The molecule has 1 heterocycles. The normalized spacial score (nSPS) is 11.5. The van der Waals surface area contributed by atoms with Crippen LogP contribution >= 0.6 is 15.9 Å². The van der Waals surface area contributed by atoms with Gasteiger partial charge < -0.3 is 10.5 Å². The molecule has 0 atom stereocenters. The van der Waals surface area contributed by atoms with E-state index in [-0.39, 0.29) is 5.91 Å². The number of halogens is 1. The number of para-hydroxylation sites is 1. The van der Waals surface area contributed by atoms with E-state index in [2.05, 4.69) is 15.9 Å². The number of aromatic nitrogens is 1. The zero-order valence-electron chi connectivity index (χ0n) is 13.8. The lowest BCUT2D eigenvalue weighted by Gasteiger charge is -2.25. The van der Waals surface area contributed by atoms with Crippen LogP contribution in [0, 0.1) is 0 Å². The van der Waals surface area contributed by atoms with E-state index in [0.29, 0.717) is 22.2 Å². The number of amides is 1. The number of benzene rings is 2. The Morgan fingerprint density at radius 3 is 2.36 bits per heavy atom.